The largest absolute Gasteiger partial charge is 0.481 e. The van der Waals surface area contributed by atoms with Crippen molar-refractivity contribution in [1.29, 1.82) is 0 Å². The first-order chi connectivity index (χ1) is 18.0. The van der Waals surface area contributed by atoms with E-state index in [4.69, 9.17) is 4.74 Å². The van der Waals surface area contributed by atoms with Gasteiger partial charge in [0.05, 0.1) is 10.8 Å². The van der Waals surface area contributed by atoms with E-state index in [2.05, 4.69) is 20.4 Å². The van der Waals surface area contributed by atoms with Crippen LogP contribution in [0.2, 0.25) is 0 Å². The molecule has 0 aliphatic heterocycles. The van der Waals surface area contributed by atoms with E-state index < -0.39 is 45.7 Å². The van der Waals surface area contributed by atoms with Gasteiger partial charge in [0.15, 0.2) is 0 Å². The fourth-order valence-electron chi connectivity index (χ4n) is 11.9. The maximum Gasteiger partial charge on any atom is 0.310 e. The van der Waals surface area contributed by atoms with Gasteiger partial charge in [-0.2, -0.15) is 0 Å². The van der Waals surface area contributed by atoms with E-state index in [1.165, 1.54) is 6.92 Å². The number of carboxylic acid groups (broad SMARTS) is 2. The van der Waals surface area contributed by atoms with Gasteiger partial charge in [-0.15, -0.1) is 0 Å². The Labute approximate surface area is 232 Å². The van der Waals surface area contributed by atoms with E-state index in [-0.39, 0.29) is 40.8 Å². The second-order valence-corrected chi connectivity index (χ2v) is 14.9. The number of rotatable bonds is 4. The van der Waals surface area contributed by atoms with Crippen LogP contribution in [0.1, 0.15) is 99.3 Å². The standard InChI is InChI=1S/C32H46O7/c1-17(2)19-10-13-31(26(35)36)14-15-32(27(37)38)20(24(19)31)8-9-22-29(6)12-11-23(34)28(4,5)25(29)21(39-18(3)33)16-30(22,32)7/h19-22,24-25H,1,8-16H2,2-7H3,(H,35,36)(H,37,38)/t19?,20?,21-,22+,24?,25?,29+,30+,31-,32+/m0/s1. The number of ether oxygens (including phenoxy) is 1. The van der Waals surface area contributed by atoms with Crippen LogP contribution in [-0.2, 0) is 23.9 Å². The smallest absolute Gasteiger partial charge is 0.310 e. The molecule has 0 saturated heterocycles. The van der Waals surface area contributed by atoms with Crippen molar-refractivity contribution in [3.8, 4) is 0 Å². The lowest BCUT2D eigenvalue weighted by Gasteiger charge is -2.72. The Morgan fingerprint density at radius 2 is 1.59 bits per heavy atom. The van der Waals surface area contributed by atoms with Crippen LogP contribution in [0.15, 0.2) is 12.2 Å². The zero-order valence-corrected chi connectivity index (χ0v) is 24.5. The summed E-state index contributed by atoms with van der Waals surface area (Å²) >= 11 is 0. The van der Waals surface area contributed by atoms with E-state index in [1.54, 1.807) is 0 Å². The molecule has 5 aliphatic carbocycles. The molecule has 0 spiro atoms. The number of allylic oxidation sites excluding steroid dienone is 1. The van der Waals surface area contributed by atoms with Crippen LogP contribution in [0, 0.1) is 56.7 Å². The summed E-state index contributed by atoms with van der Waals surface area (Å²) in [5.74, 6) is -2.68. The van der Waals surface area contributed by atoms with Crippen LogP contribution < -0.4 is 0 Å². The van der Waals surface area contributed by atoms with E-state index in [0.717, 1.165) is 18.4 Å². The molecule has 7 heteroatoms. The summed E-state index contributed by atoms with van der Waals surface area (Å²) in [7, 11) is 0. The Morgan fingerprint density at radius 3 is 2.15 bits per heavy atom. The van der Waals surface area contributed by atoms with Gasteiger partial charge in [-0.3, -0.25) is 19.2 Å². The van der Waals surface area contributed by atoms with Crippen molar-refractivity contribution < 1.29 is 34.1 Å². The topological polar surface area (TPSA) is 118 Å². The third kappa shape index (κ3) is 3.40. The van der Waals surface area contributed by atoms with Crippen LogP contribution in [0.4, 0.5) is 0 Å². The average Bonchev–Trinajstić information content (AvgIpc) is 3.22. The fourth-order valence-corrected chi connectivity index (χ4v) is 11.9. The first-order valence-electron chi connectivity index (χ1n) is 14.8. The third-order valence-electron chi connectivity index (χ3n) is 13.2. The molecule has 7 nitrogen and oxygen atoms in total. The molecule has 0 radical (unpaired) electrons. The summed E-state index contributed by atoms with van der Waals surface area (Å²) in [5.41, 5.74) is -2.93. The Hall–Kier alpha value is -2.18. The van der Waals surface area contributed by atoms with Crippen LogP contribution >= 0.6 is 0 Å². The van der Waals surface area contributed by atoms with Gasteiger partial charge in [-0.05, 0) is 92.8 Å². The van der Waals surface area contributed by atoms with Crippen LogP contribution in [0.25, 0.3) is 0 Å². The molecule has 0 bridgehead atoms. The van der Waals surface area contributed by atoms with Crippen molar-refractivity contribution in [3.05, 3.63) is 12.2 Å². The molecule has 5 saturated carbocycles. The maximum atomic E-state index is 13.8. The molecule has 0 aromatic carbocycles. The molecular weight excluding hydrogens is 496 g/mol. The number of carboxylic acids is 2. The van der Waals surface area contributed by atoms with Crippen LogP contribution in [0.5, 0.6) is 0 Å². The molecule has 4 unspecified atom stereocenters. The first kappa shape index (κ1) is 28.4. The van der Waals surface area contributed by atoms with Crippen LogP contribution in [-0.4, -0.2) is 40.0 Å². The number of fused-ring (bicyclic) bond motifs is 7. The monoisotopic (exact) mass is 542 g/mol. The summed E-state index contributed by atoms with van der Waals surface area (Å²) in [5, 5.41) is 21.8. The van der Waals surface area contributed by atoms with Crippen molar-refractivity contribution in [3.63, 3.8) is 0 Å². The van der Waals surface area contributed by atoms with Crippen molar-refractivity contribution in [1.82, 2.24) is 0 Å². The predicted molar refractivity (Wildman–Crippen MR) is 145 cm³/mol. The Kier molecular flexibility index (Phi) is 6.29. The first-order valence-corrected chi connectivity index (χ1v) is 14.8. The van der Waals surface area contributed by atoms with Gasteiger partial charge in [0.2, 0.25) is 0 Å². The molecule has 0 heterocycles. The summed E-state index contributed by atoms with van der Waals surface area (Å²) in [6.45, 7) is 15.8. The van der Waals surface area contributed by atoms with Crippen molar-refractivity contribution >= 4 is 23.7 Å². The highest BCUT2D eigenvalue weighted by atomic mass is 16.5. The number of aliphatic carboxylic acids is 2. The van der Waals surface area contributed by atoms with Gasteiger partial charge in [0, 0.05) is 24.7 Å². The maximum absolute atomic E-state index is 13.8. The predicted octanol–water partition coefficient (Wildman–Crippen LogP) is 5.90. The molecular formula is C32H46O7. The van der Waals surface area contributed by atoms with Gasteiger partial charge >= 0.3 is 17.9 Å². The van der Waals surface area contributed by atoms with Crippen molar-refractivity contribution in [2.24, 2.45) is 56.7 Å². The second-order valence-electron chi connectivity index (χ2n) is 14.9. The van der Waals surface area contributed by atoms with E-state index in [1.807, 2.05) is 20.8 Å². The highest BCUT2D eigenvalue weighted by Crippen LogP contribution is 2.77. The molecule has 5 rings (SSSR count). The second kappa shape index (κ2) is 8.66. The van der Waals surface area contributed by atoms with Gasteiger partial charge in [-0.1, -0.05) is 39.8 Å². The number of Topliss-reactive ketones (excluding diaryl/α,β-unsaturated/α-hetero) is 1. The molecule has 5 fully saturated rings. The highest BCUT2D eigenvalue weighted by molar-refractivity contribution is 5.86. The fraction of sp³-hybridized carbons (Fsp3) is 0.812. The summed E-state index contributed by atoms with van der Waals surface area (Å²) < 4.78 is 6.04. The lowest BCUT2D eigenvalue weighted by Crippen LogP contribution is -2.72. The van der Waals surface area contributed by atoms with Gasteiger partial charge in [0.25, 0.3) is 0 Å². The summed E-state index contributed by atoms with van der Waals surface area (Å²) in [4.78, 5) is 52.3. The quantitative estimate of drug-likeness (QED) is 0.335. The molecule has 0 aromatic rings. The minimum Gasteiger partial charge on any atom is -0.481 e. The van der Waals surface area contributed by atoms with Crippen molar-refractivity contribution in [2.75, 3.05) is 0 Å². The van der Waals surface area contributed by atoms with E-state index in [0.29, 0.717) is 44.9 Å². The van der Waals surface area contributed by atoms with E-state index in [9.17, 15) is 29.4 Å². The van der Waals surface area contributed by atoms with E-state index >= 15 is 0 Å². The number of hydrogen-bond acceptors (Lipinski definition) is 5. The van der Waals surface area contributed by atoms with Gasteiger partial charge in [-0.25, -0.2) is 0 Å². The molecule has 216 valence electrons. The molecule has 5 aliphatic rings. The Bertz CT molecular complexity index is 1140. The number of ketones is 1. The molecule has 39 heavy (non-hydrogen) atoms. The van der Waals surface area contributed by atoms with Gasteiger partial charge in [0.1, 0.15) is 11.9 Å². The third-order valence-corrected chi connectivity index (χ3v) is 13.2. The minimum atomic E-state index is -1.14. The lowest BCUT2D eigenvalue weighted by atomic mass is 9.31. The van der Waals surface area contributed by atoms with Crippen LogP contribution in [0.3, 0.4) is 0 Å². The Balaban J connectivity index is 1.70. The van der Waals surface area contributed by atoms with Crippen molar-refractivity contribution in [2.45, 2.75) is 105 Å². The lowest BCUT2D eigenvalue weighted by molar-refractivity contribution is -0.266. The minimum absolute atomic E-state index is 0.0172. The molecule has 0 amide bonds. The Morgan fingerprint density at radius 1 is 0.923 bits per heavy atom. The number of esters is 1. The molecule has 10 atom stereocenters. The number of hydrogen-bond donors (Lipinski definition) is 2. The number of carbonyl (C=O) groups is 4. The highest BCUT2D eigenvalue weighted by Gasteiger charge is 2.77. The molecule has 0 aromatic heterocycles. The zero-order chi connectivity index (χ0) is 28.9. The summed E-state index contributed by atoms with van der Waals surface area (Å²) in [6.07, 6.45) is 4.26. The zero-order valence-electron chi connectivity index (χ0n) is 24.5. The normalized spacial score (nSPS) is 48.1. The summed E-state index contributed by atoms with van der Waals surface area (Å²) in [6, 6.07) is 0. The SMILES string of the molecule is C=C(C)C1CC[C@]2(C(=O)O)CC[C@]3(C(=O)O)C(CC[C@@H]4[C@@]5(C)CCC(=O)C(C)(C)C5[C@@H](OC(C)=O)C[C@]43C)C12. The number of carbonyl (C=O) groups excluding carboxylic acids is 2. The molecule has 2 N–H and O–H groups in total. The average molecular weight is 543 g/mol. The van der Waals surface area contributed by atoms with Gasteiger partial charge < -0.3 is 14.9 Å².